The molecule has 0 spiro atoms. The summed E-state index contributed by atoms with van der Waals surface area (Å²) in [5, 5.41) is 49.7. The molecular formula is C90H131N21O19S. The number of likely N-dealkylation sites (N-methyl/N-ethyl adjacent to an activating group) is 3. The van der Waals surface area contributed by atoms with E-state index in [1.54, 1.807) is 76.5 Å². The summed E-state index contributed by atoms with van der Waals surface area (Å²) < 4.78 is 0. The molecule has 22 N–H and O–H groups in total. The number of aromatic amines is 2. The largest absolute Gasteiger partial charge is 0.508 e. The third kappa shape index (κ3) is 29.1. The fourth-order valence-electron chi connectivity index (χ4n) is 16.5. The summed E-state index contributed by atoms with van der Waals surface area (Å²) in [7, 11) is 4.03. The first-order valence-electron chi connectivity index (χ1n) is 44.8. The molecule has 3 aliphatic heterocycles. The van der Waals surface area contributed by atoms with Gasteiger partial charge in [-0.3, -0.25) is 81.5 Å². The predicted molar refractivity (Wildman–Crippen MR) is 488 cm³/mol. The summed E-state index contributed by atoms with van der Waals surface area (Å²) in [5.74, 6) is -16.9. The molecule has 0 aliphatic carbocycles. The Morgan fingerprint density at radius 1 is 0.511 bits per heavy atom. The zero-order chi connectivity index (χ0) is 96.2. The van der Waals surface area contributed by atoms with Crippen LogP contribution in [-0.2, 0) is 101 Å². The second-order valence-corrected chi connectivity index (χ2v) is 35.9. The van der Waals surface area contributed by atoms with Crippen LogP contribution in [-0.4, -0.2) is 301 Å². The van der Waals surface area contributed by atoms with Crippen molar-refractivity contribution in [2.45, 2.75) is 248 Å². The number of hydrogen-bond acceptors (Lipinski definition) is 22. The van der Waals surface area contributed by atoms with Crippen LogP contribution in [0.3, 0.4) is 0 Å². The normalized spacial score (nSPS) is 25.3. The first-order chi connectivity index (χ1) is 62.3. The van der Waals surface area contributed by atoms with Gasteiger partial charge in [-0.2, -0.15) is 0 Å². The number of aliphatic hydroxyl groups excluding tert-OH is 1. The maximum Gasteiger partial charge on any atom is 0.246 e. The Morgan fingerprint density at radius 2 is 1.02 bits per heavy atom. The van der Waals surface area contributed by atoms with Crippen LogP contribution in [0.2, 0.25) is 0 Å². The molecule has 3 saturated heterocycles. The minimum absolute atomic E-state index is 0.00351. The molecule has 3 aliphatic rings. The number of aromatic nitrogens is 2. The molecule has 40 nitrogen and oxygen atoms in total. The van der Waals surface area contributed by atoms with E-state index in [0.717, 1.165) is 26.5 Å². The number of benzene rings is 3. The topological polar surface area (TPSA) is 603 Å². The number of rotatable bonds is 25. The Morgan fingerprint density at radius 3 is 1.63 bits per heavy atom. The number of nitrogens with zero attached hydrogens (tertiary/aromatic N) is 5. The fraction of sp³-hybridized carbons (Fsp3) is 0.567. The summed E-state index contributed by atoms with van der Waals surface area (Å²) >= 11 is 0.804. The van der Waals surface area contributed by atoms with Gasteiger partial charge in [0.2, 0.25) is 100 Å². The smallest absolute Gasteiger partial charge is 0.246 e. The van der Waals surface area contributed by atoms with Crippen molar-refractivity contribution >= 4 is 134 Å². The van der Waals surface area contributed by atoms with E-state index in [4.69, 9.17) is 22.9 Å². The third-order valence-electron chi connectivity index (χ3n) is 23.8. The predicted octanol–water partition coefficient (Wildman–Crippen LogP) is -1.41. The van der Waals surface area contributed by atoms with Gasteiger partial charge in [0, 0.05) is 106 Å². The number of primary amides is 2. The van der Waals surface area contributed by atoms with E-state index in [9.17, 15) is 58.2 Å². The second kappa shape index (κ2) is 49.7. The molecule has 3 aromatic carbocycles. The number of carbonyl (C=O) groups excluding carboxylic acids is 17. The lowest BCUT2D eigenvalue weighted by Crippen LogP contribution is -2.62. The van der Waals surface area contributed by atoms with Crippen LogP contribution in [0.1, 0.15) is 155 Å². The van der Waals surface area contributed by atoms with Crippen molar-refractivity contribution in [1.29, 1.82) is 0 Å². The number of unbranched alkanes of at least 4 members (excludes halogenated alkanes) is 3. The summed E-state index contributed by atoms with van der Waals surface area (Å²) in [5.41, 5.74) is 26.5. The van der Waals surface area contributed by atoms with Crippen LogP contribution in [0.5, 0.6) is 5.75 Å². The highest BCUT2D eigenvalue weighted by Gasteiger charge is 2.47. The van der Waals surface area contributed by atoms with Crippen molar-refractivity contribution in [3.8, 4) is 5.75 Å². The van der Waals surface area contributed by atoms with Gasteiger partial charge < -0.3 is 121 Å². The van der Waals surface area contributed by atoms with Gasteiger partial charge >= 0.3 is 0 Å². The lowest BCUT2D eigenvalue weighted by molar-refractivity contribution is -0.149. The summed E-state index contributed by atoms with van der Waals surface area (Å²) in [6, 6.07) is -0.896. The average Bonchev–Trinajstić information content (AvgIpc) is 1.59. The summed E-state index contributed by atoms with van der Waals surface area (Å²) in [4.78, 5) is 261. The van der Waals surface area contributed by atoms with Crippen LogP contribution in [0, 0.1) is 11.8 Å². The Bertz CT molecular complexity index is 4870. The van der Waals surface area contributed by atoms with E-state index in [-0.39, 0.29) is 107 Å². The molecule has 41 heteroatoms. The van der Waals surface area contributed by atoms with Gasteiger partial charge in [0.25, 0.3) is 0 Å². The van der Waals surface area contributed by atoms with E-state index in [0.29, 0.717) is 70.6 Å². The molecule has 0 bridgehead atoms. The standard InChI is InChI=1S/C90H131N21O19S/c1-11-13-15-26-70-83(123)100-62(35-49(3)4)80(120)106-69(78(118)97-45-75(94)115)47-131-48-76(116)98-65(37-52-28-30-55(112)31-29-52)86(126)107(8)51(7)77(117)102-67(41-74(93)114)88(128)110-34-20-27-71(110)84(124)105-68(42-92)82(122)103-64(36-50(5)6)89(129)111-46-56(113)40-73(111)85(125)101-63(38-53-43-95-59-23-18-16-21-57(53)59)81(121)99-61(32-33-91)79(119)104-66(39-54-44-96-60-24-19-17-22-58(54)60)87(127)109(10)72(25-14-12-2)90(130)108(70)9/h16-19,21-24,28-31,43-44,49-51,56,61-73,95-96,112-113H,11-15,20,25-27,32-42,45-48,91-92H2,1-10H3,(H2,93,114)(H2,94,115)(H,97,118)(H,98,116)(H,99,121)(H,100,123)(H,101,125)(H,102,117)(H,103,122)(H,104,119)(H,105,124)(H,106,120)/t51-,56+,61-,62-,63-,64-,65-,66-,67-,68-,69-,70-,71-,72-,73-/m0/s1. The molecule has 2 aromatic heterocycles. The Kier molecular flexibility index (Phi) is 39.5. The molecular weight excluding hydrogens is 1710 g/mol. The van der Waals surface area contributed by atoms with Crippen molar-refractivity contribution in [2.24, 2.45) is 34.8 Å². The number of H-pyrrole nitrogens is 2. The SMILES string of the molecule is CCCCC[C@H]1C(=O)N[C@@H](CC(C)C)C(=O)N[C@H](C(=O)NCC(N)=O)CSCC(=O)N[C@@H](Cc2ccc(O)cc2)C(=O)N(C)[C@@H](C)C(=O)N[C@@H](CC(N)=O)C(=O)N2CCC[C@H]2C(=O)N[C@@H](CN)C(=O)N[C@@H](CC(C)C)C(=O)N2C[C@H](O)C[C@H]2C(=O)N[C@@H](Cc2c[nH]c3ccccc23)C(=O)N[C@@H](CCN)C(=O)N[C@@H](Cc2c[nH]c3ccccc23)C(=O)N(C)[C@@H](CCCC)C(=O)N1C. The number of fused-ring (bicyclic) bond motifs is 4. The molecule has 15 atom stereocenters. The quantitative estimate of drug-likeness (QED) is 0.0299. The molecule has 0 radical (unpaired) electrons. The van der Waals surface area contributed by atoms with Crippen LogP contribution in [0.4, 0.5) is 0 Å². The molecule has 17 amide bonds. The van der Waals surface area contributed by atoms with Crippen LogP contribution in [0.15, 0.2) is 85.2 Å². The number of nitrogens with two attached hydrogens (primary N) is 4. The van der Waals surface area contributed by atoms with Gasteiger partial charge in [0.15, 0.2) is 0 Å². The first-order valence-corrected chi connectivity index (χ1v) is 45.9. The molecule has 5 heterocycles. The Labute approximate surface area is 765 Å². The Hall–Kier alpha value is -12.2. The van der Waals surface area contributed by atoms with Crippen molar-refractivity contribution < 1.29 is 91.7 Å². The van der Waals surface area contributed by atoms with Gasteiger partial charge in [-0.25, -0.2) is 0 Å². The molecule has 8 rings (SSSR count). The number of aromatic hydroxyl groups is 1. The first kappa shape index (κ1) is 104. The molecule has 5 aromatic rings. The highest BCUT2D eigenvalue weighted by Crippen LogP contribution is 2.28. The summed E-state index contributed by atoms with van der Waals surface area (Å²) in [6.45, 7) is 10.1. The molecule has 716 valence electrons. The van der Waals surface area contributed by atoms with E-state index in [2.05, 4.69) is 63.1 Å². The monoisotopic (exact) mass is 1840 g/mol. The van der Waals surface area contributed by atoms with Crippen LogP contribution < -0.4 is 76.1 Å². The lowest BCUT2D eigenvalue weighted by Gasteiger charge is -2.36. The minimum Gasteiger partial charge on any atom is -0.508 e. The molecule has 0 unspecified atom stereocenters. The van der Waals surface area contributed by atoms with E-state index in [1.807, 2.05) is 26.0 Å². The van der Waals surface area contributed by atoms with Gasteiger partial charge in [0.1, 0.15) is 90.3 Å². The number of aliphatic hydroxyl groups is 1. The average molecular weight is 1840 g/mol. The number of amides is 17. The minimum atomic E-state index is -1.76. The fourth-order valence-corrected chi connectivity index (χ4v) is 17.4. The zero-order valence-corrected chi connectivity index (χ0v) is 77.0. The van der Waals surface area contributed by atoms with Crippen molar-refractivity contribution in [3.05, 3.63) is 102 Å². The number of carbonyl (C=O) groups is 17. The second-order valence-electron chi connectivity index (χ2n) is 34.8. The van der Waals surface area contributed by atoms with Crippen molar-refractivity contribution in [1.82, 2.24) is 87.6 Å². The molecule has 131 heavy (non-hydrogen) atoms. The van der Waals surface area contributed by atoms with Gasteiger partial charge in [-0.1, -0.05) is 122 Å². The van der Waals surface area contributed by atoms with E-state index in [1.165, 1.54) is 62.1 Å². The maximum atomic E-state index is 15.8. The third-order valence-corrected chi connectivity index (χ3v) is 24.9. The van der Waals surface area contributed by atoms with Gasteiger partial charge in [0.05, 0.1) is 24.8 Å². The Balaban J connectivity index is 1.19. The van der Waals surface area contributed by atoms with E-state index < -0.39 is 223 Å². The van der Waals surface area contributed by atoms with Crippen LogP contribution in [0.25, 0.3) is 21.8 Å². The highest BCUT2D eigenvalue weighted by atomic mass is 32.2. The number of phenols is 1. The number of para-hydroxylation sites is 2. The van der Waals surface area contributed by atoms with Crippen LogP contribution >= 0.6 is 11.8 Å². The van der Waals surface area contributed by atoms with Gasteiger partial charge in [-0.15, -0.1) is 11.8 Å². The van der Waals surface area contributed by atoms with Gasteiger partial charge in [-0.05, 0) is 111 Å². The van der Waals surface area contributed by atoms with E-state index >= 15 is 33.6 Å². The van der Waals surface area contributed by atoms with Crippen molar-refractivity contribution in [3.63, 3.8) is 0 Å². The highest BCUT2D eigenvalue weighted by molar-refractivity contribution is 8.00. The number of hydrogen-bond donors (Lipinski definition) is 18. The number of nitrogens with one attached hydrogen (secondary N) is 12. The lowest BCUT2D eigenvalue weighted by atomic mass is 9.99. The zero-order valence-electron chi connectivity index (χ0n) is 76.2. The number of thioether (sulfide) groups is 1. The number of phenolic OH excluding ortho intramolecular Hbond substituents is 1. The van der Waals surface area contributed by atoms with Crippen molar-refractivity contribution in [2.75, 3.05) is 65.4 Å². The summed E-state index contributed by atoms with van der Waals surface area (Å²) in [6.07, 6.45) is 2.66. The molecule has 0 saturated carbocycles. The molecule has 3 fully saturated rings. The maximum absolute atomic E-state index is 15.8.